The molecule has 4 nitrogen and oxygen atoms in total. The minimum atomic E-state index is -1.08. The average Bonchev–Trinajstić information content (AvgIpc) is 1.67. The van der Waals surface area contributed by atoms with E-state index in [1.165, 1.54) is 0 Å². The zero-order valence-electron chi connectivity index (χ0n) is 4.89. The lowest BCUT2D eigenvalue weighted by atomic mass is 10.3. The van der Waals surface area contributed by atoms with Gasteiger partial charge in [0.15, 0.2) is 6.04 Å². The van der Waals surface area contributed by atoms with Gasteiger partial charge in [0.1, 0.15) is 12.5 Å². The molecule has 0 fully saturated rings. The fourth-order valence-electron chi connectivity index (χ4n) is 0.381. The van der Waals surface area contributed by atoms with E-state index in [1.807, 2.05) is 0 Å². The van der Waals surface area contributed by atoms with Crippen molar-refractivity contribution in [2.24, 2.45) is 0 Å². The Morgan fingerprint density at radius 3 is 2.62 bits per heavy atom. The first-order valence-corrected chi connectivity index (χ1v) is 2.50. The second-order valence-electron chi connectivity index (χ2n) is 1.66. The first-order valence-electron chi connectivity index (χ1n) is 2.50. The normalized spacial score (nSPS) is 13.2. The van der Waals surface area contributed by atoms with Crippen molar-refractivity contribution < 1.29 is 21.0 Å². The second kappa shape index (κ2) is 3.40. The van der Waals surface area contributed by atoms with E-state index >= 15 is 0 Å². The van der Waals surface area contributed by atoms with E-state index in [-0.39, 0.29) is 0 Å². The molecule has 48 valence electrons. The van der Waals surface area contributed by atoms with Gasteiger partial charge in [0.25, 0.3) is 0 Å². The minimum Gasteiger partial charge on any atom is -0.544 e. The third-order valence-electron chi connectivity index (χ3n) is 0.854. The van der Waals surface area contributed by atoms with Crippen LogP contribution >= 0.6 is 0 Å². The predicted molar refractivity (Wildman–Crippen MR) is 24.4 cm³/mol. The van der Waals surface area contributed by atoms with Crippen LogP contribution in [0.2, 0.25) is 0 Å². The number of likely N-dealkylation sites (N-methyl/N-ethyl adjacent to an activating group) is 1. The van der Waals surface area contributed by atoms with E-state index in [1.54, 1.807) is 12.4 Å². The van der Waals surface area contributed by atoms with Crippen molar-refractivity contribution in [1.29, 1.82) is 0 Å². The summed E-state index contributed by atoms with van der Waals surface area (Å²) in [4.78, 5) is 9.90. The number of rotatable bonds is 3. The van der Waals surface area contributed by atoms with Gasteiger partial charge in [-0.05, 0) is 0 Å². The van der Waals surface area contributed by atoms with Crippen LogP contribution in [0.5, 0.6) is 0 Å². The number of nitrogens with two attached hydrogens (primary N) is 1. The summed E-state index contributed by atoms with van der Waals surface area (Å²) in [6.07, 6.45) is 0. The van der Waals surface area contributed by atoms with Crippen LogP contribution in [0.3, 0.4) is 0 Å². The molecule has 0 aromatic heterocycles. The van der Waals surface area contributed by atoms with Crippen molar-refractivity contribution in [3.05, 3.63) is 0 Å². The van der Waals surface area contributed by atoms with Gasteiger partial charge < -0.3 is 21.0 Å². The molecule has 0 heterocycles. The number of carbonyl (C=O) groups is 1. The molecule has 0 rings (SSSR count). The molecule has 4 heteroatoms. The molecule has 0 unspecified atom stereocenters. The standard InChI is InChI=1S/C4H10N2O2/c1-6-2-3(5)4(7)8/h3,6H,2,5H2,1H3,(H,7,8)/p+1/t3-/m1/s1. The van der Waals surface area contributed by atoms with Crippen LogP contribution in [0.15, 0.2) is 0 Å². The highest BCUT2D eigenvalue weighted by molar-refractivity contribution is 5.69. The Kier molecular flexibility index (Phi) is 3.14. The van der Waals surface area contributed by atoms with E-state index < -0.39 is 12.0 Å². The predicted octanol–water partition coefficient (Wildman–Crippen LogP) is -4.46. The van der Waals surface area contributed by atoms with Crippen LogP contribution in [0, 0.1) is 0 Å². The average molecular weight is 119 g/mol. The fourth-order valence-corrected chi connectivity index (χ4v) is 0.381. The maximum atomic E-state index is 9.90. The summed E-state index contributed by atoms with van der Waals surface area (Å²) in [5.41, 5.74) is 3.33. The van der Waals surface area contributed by atoms with Crippen molar-refractivity contribution >= 4 is 5.97 Å². The number of aliphatic carboxylic acids is 1. The molecule has 0 bridgehead atoms. The quantitative estimate of drug-likeness (QED) is 0.392. The molecule has 1 atom stereocenters. The minimum absolute atomic E-state index is 0.488. The third kappa shape index (κ3) is 2.54. The fraction of sp³-hybridized carbons (Fsp3) is 0.750. The first-order chi connectivity index (χ1) is 3.68. The second-order valence-corrected chi connectivity index (χ2v) is 1.66. The highest BCUT2D eigenvalue weighted by Crippen LogP contribution is 1.58. The lowest BCUT2D eigenvalue weighted by molar-refractivity contribution is -0.655. The summed E-state index contributed by atoms with van der Waals surface area (Å²) >= 11 is 0. The lowest BCUT2D eigenvalue weighted by Crippen LogP contribution is -2.89. The number of quaternary nitrogens is 2. The lowest BCUT2D eigenvalue weighted by Gasteiger charge is -2.04. The van der Waals surface area contributed by atoms with Crippen molar-refractivity contribution in [3.63, 3.8) is 0 Å². The van der Waals surface area contributed by atoms with Crippen LogP contribution in [0.4, 0.5) is 0 Å². The van der Waals surface area contributed by atoms with E-state index in [0.29, 0.717) is 6.54 Å². The van der Waals surface area contributed by atoms with Crippen LogP contribution in [0.25, 0.3) is 0 Å². The smallest absolute Gasteiger partial charge is 0.174 e. The van der Waals surface area contributed by atoms with Gasteiger partial charge in [-0.15, -0.1) is 0 Å². The number of hydrogen-bond donors (Lipinski definition) is 2. The molecule has 0 saturated heterocycles. The van der Waals surface area contributed by atoms with Gasteiger partial charge in [0.2, 0.25) is 0 Å². The van der Waals surface area contributed by atoms with Crippen molar-refractivity contribution in [1.82, 2.24) is 0 Å². The Balaban J connectivity index is 3.32. The van der Waals surface area contributed by atoms with Crippen LogP contribution < -0.4 is 16.2 Å². The maximum Gasteiger partial charge on any atom is 0.174 e. The Morgan fingerprint density at radius 1 is 2.00 bits per heavy atom. The van der Waals surface area contributed by atoms with E-state index in [4.69, 9.17) is 0 Å². The third-order valence-corrected chi connectivity index (χ3v) is 0.854. The molecule has 0 aliphatic heterocycles. The molecule has 0 saturated carbocycles. The molecule has 0 spiro atoms. The Morgan fingerprint density at radius 2 is 2.50 bits per heavy atom. The van der Waals surface area contributed by atoms with Gasteiger partial charge in [-0.1, -0.05) is 0 Å². The van der Waals surface area contributed by atoms with Crippen molar-refractivity contribution in [3.8, 4) is 0 Å². The highest BCUT2D eigenvalue weighted by atomic mass is 16.4. The molecular weight excluding hydrogens is 108 g/mol. The first kappa shape index (κ1) is 7.39. The van der Waals surface area contributed by atoms with Gasteiger partial charge in [-0.25, -0.2) is 0 Å². The van der Waals surface area contributed by atoms with Gasteiger partial charge in [-0.3, -0.25) is 0 Å². The van der Waals surface area contributed by atoms with Crippen molar-refractivity contribution in [2.45, 2.75) is 6.04 Å². The molecule has 0 radical (unpaired) electrons. The van der Waals surface area contributed by atoms with Crippen molar-refractivity contribution in [2.75, 3.05) is 13.6 Å². The zero-order chi connectivity index (χ0) is 6.57. The molecular formula is C4H11N2O2+. The van der Waals surface area contributed by atoms with E-state index in [0.717, 1.165) is 0 Å². The summed E-state index contributed by atoms with van der Waals surface area (Å²) in [6.45, 7) is 0.488. The summed E-state index contributed by atoms with van der Waals surface area (Å²) < 4.78 is 0. The van der Waals surface area contributed by atoms with Gasteiger partial charge in [-0.2, -0.15) is 0 Å². The molecule has 0 aliphatic rings. The zero-order valence-corrected chi connectivity index (χ0v) is 4.89. The monoisotopic (exact) mass is 119 g/mol. The Labute approximate surface area is 47.7 Å². The summed E-state index contributed by atoms with van der Waals surface area (Å²) in [7, 11) is 1.79. The van der Waals surface area contributed by atoms with Gasteiger partial charge >= 0.3 is 0 Å². The molecule has 8 heavy (non-hydrogen) atoms. The van der Waals surface area contributed by atoms with E-state index in [9.17, 15) is 9.90 Å². The Bertz CT molecular complexity index is 84.1. The SMILES string of the molecule is C[NH2+]C[C@@H]([NH3+])C(=O)[O-]. The summed E-state index contributed by atoms with van der Waals surface area (Å²) in [5.74, 6) is -1.08. The molecule has 0 aromatic carbocycles. The van der Waals surface area contributed by atoms with E-state index in [2.05, 4.69) is 5.73 Å². The highest BCUT2D eigenvalue weighted by Gasteiger charge is 2.05. The molecule has 0 aromatic rings. The number of hydrogen-bond acceptors (Lipinski definition) is 2. The summed E-state index contributed by atoms with van der Waals surface area (Å²) in [6, 6.07) is -0.583. The maximum absolute atomic E-state index is 9.90. The van der Waals surface area contributed by atoms with Gasteiger partial charge in [0, 0.05) is 0 Å². The van der Waals surface area contributed by atoms with Crippen LogP contribution in [-0.4, -0.2) is 25.6 Å². The summed E-state index contributed by atoms with van der Waals surface area (Å²) in [5, 5.41) is 11.7. The number of carboxylic acid groups (broad SMARTS) is 1. The largest absolute Gasteiger partial charge is 0.544 e. The number of carboxylic acids is 1. The topological polar surface area (TPSA) is 84.4 Å². The Hall–Kier alpha value is -0.610. The molecule has 0 amide bonds. The van der Waals surface area contributed by atoms with Crippen LogP contribution in [-0.2, 0) is 4.79 Å². The van der Waals surface area contributed by atoms with Crippen LogP contribution in [0.1, 0.15) is 0 Å². The number of carbonyl (C=O) groups excluding carboxylic acids is 1. The molecule has 5 N–H and O–H groups in total. The van der Waals surface area contributed by atoms with Gasteiger partial charge in [0.05, 0.1) is 7.05 Å². The molecule has 0 aliphatic carbocycles.